The van der Waals surface area contributed by atoms with Crippen molar-refractivity contribution >= 4 is 28.0 Å². The summed E-state index contributed by atoms with van der Waals surface area (Å²) >= 11 is 0. The van der Waals surface area contributed by atoms with Gasteiger partial charge in [0, 0.05) is 22.0 Å². The van der Waals surface area contributed by atoms with E-state index in [9.17, 15) is 8.60 Å². The summed E-state index contributed by atoms with van der Waals surface area (Å²) in [5.74, 6) is -0.298. The molecule has 24 heavy (non-hydrogen) atoms. The van der Waals surface area contributed by atoms with E-state index in [2.05, 4.69) is 6.07 Å². The molecule has 0 aromatic heterocycles. The average molecular weight is 337 g/mol. The van der Waals surface area contributed by atoms with Crippen LogP contribution in [0.1, 0.15) is 30.0 Å². The third-order valence-electron chi connectivity index (χ3n) is 4.23. The van der Waals surface area contributed by atoms with Crippen molar-refractivity contribution in [2.45, 2.75) is 18.2 Å². The number of halogens is 1. The van der Waals surface area contributed by atoms with Gasteiger partial charge in [0.05, 0.1) is 12.5 Å². The van der Waals surface area contributed by atoms with Gasteiger partial charge in [0.2, 0.25) is 0 Å². The van der Waals surface area contributed by atoms with Gasteiger partial charge in [-0.2, -0.15) is 5.26 Å². The van der Waals surface area contributed by atoms with Gasteiger partial charge in [0.25, 0.3) is 0 Å². The molecule has 1 unspecified atom stereocenters. The van der Waals surface area contributed by atoms with E-state index < -0.39 is 10.8 Å². The zero-order chi connectivity index (χ0) is 17.3. The van der Waals surface area contributed by atoms with Crippen LogP contribution in [-0.2, 0) is 10.8 Å². The van der Waals surface area contributed by atoms with Crippen molar-refractivity contribution in [3.05, 3.63) is 70.5 Å². The summed E-state index contributed by atoms with van der Waals surface area (Å²) in [5, 5.41) is 9.07. The second kappa shape index (κ2) is 6.54. The zero-order valence-electron chi connectivity index (χ0n) is 13.5. The Morgan fingerprint density at radius 3 is 2.50 bits per heavy atom. The molecule has 0 N–H and O–H groups in total. The fraction of sp³-hybridized carbons (Fsp3) is 0.150. The molecule has 2 nitrogen and oxygen atoms in total. The third kappa shape index (κ3) is 2.95. The minimum atomic E-state index is -1.00. The molecule has 0 bridgehead atoms. The van der Waals surface area contributed by atoms with Gasteiger partial charge in [-0.25, -0.2) is 4.39 Å². The summed E-state index contributed by atoms with van der Waals surface area (Å²) in [5.41, 5.74) is 5.60. The van der Waals surface area contributed by atoms with Gasteiger partial charge < -0.3 is 0 Å². The predicted molar refractivity (Wildman–Crippen MR) is 95.9 cm³/mol. The molecule has 0 amide bonds. The quantitative estimate of drug-likeness (QED) is 0.807. The lowest BCUT2D eigenvalue weighted by Gasteiger charge is -2.05. The van der Waals surface area contributed by atoms with Gasteiger partial charge >= 0.3 is 0 Å². The van der Waals surface area contributed by atoms with Crippen LogP contribution in [0.25, 0.3) is 17.2 Å². The summed E-state index contributed by atoms with van der Waals surface area (Å²) in [6, 6.07) is 14.4. The summed E-state index contributed by atoms with van der Waals surface area (Å²) in [4.78, 5) is 0.781. The number of hydrogen-bond acceptors (Lipinski definition) is 2. The van der Waals surface area contributed by atoms with Gasteiger partial charge in [0.1, 0.15) is 5.82 Å². The molecule has 120 valence electrons. The fourth-order valence-electron chi connectivity index (χ4n) is 2.98. The lowest BCUT2D eigenvalue weighted by atomic mass is 10.0. The first-order valence-electron chi connectivity index (χ1n) is 7.54. The van der Waals surface area contributed by atoms with Crippen molar-refractivity contribution in [2.24, 2.45) is 0 Å². The van der Waals surface area contributed by atoms with Crippen molar-refractivity contribution in [3.8, 4) is 6.07 Å². The van der Waals surface area contributed by atoms with Crippen LogP contribution in [-0.4, -0.2) is 10.5 Å². The number of fused-ring (bicyclic) bond motifs is 1. The Kier molecular flexibility index (Phi) is 4.46. The molecule has 4 heteroatoms. The predicted octanol–water partition coefficient (Wildman–Crippen LogP) is 4.80. The summed E-state index contributed by atoms with van der Waals surface area (Å²) < 4.78 is 25.1. The number of benzene rings is 2. The van der Waals surface area contributed by atoms with E-state index >= 15 is 0 Å². The summed E-state index contributed by atoms with van der Waals surface area (Å²) in [6.45, 7) is 1.96. The van der Waals surface area contributed by atoms with E-state index in [1.54, 1.807) is 12.3 Å². The van der Waals surface area contributed by atoms with Gasteiger partial charge in [-0.1, -0.05) is 18.2 Å². The van der Waals surface area contributed by atoms with Crippen LogP contribution < -0.4 is 0 Å². The molecule has 0 saturated carbocycles. The number of nitriles is 1. The fourth-order valence-corrected chi connectivity index (χ4v) is 3.50. The van der Waals surface area contributed by atoms with Crippen molar-refractivity contribution < 1.29 is 8.60 Å². The lowest BCUT2D eigenvalue weighted by Crippen LogP contribution is -1.88. The van der Waals surface area contributed by atoms with E-state index in [4.69, 9.17) is 5.26 Å². The molecule has 2 aromatic rings. The molecule has 0 radical (unpaired) electrons. The molecule has 0 aliphatic heterocycles. The first-order chi connectivity index (χ1) is 11.5. The molecule has 3 rings (SSSR count). The van der Waals surface area contributed by atoms with Gasteiger partial charge in [-0.05, 0) is 70.7 Å². The van der Waals surface area contributed by atoms with Crippen molar-refractivity contribution in [2.75, 3.05) is 6.26 Å². The minimum Gasteiger partial charge on any atom is -0.255 e. The van der Waals surface area contributed by atoms with E-state index in [1.165, 1.54) is 12.1 Å². The topological polar surface area (TPSA) is 40.9 Å². The maximum absolute atomic E-state index is 13.6. The molecule has 1 aliphatic rings. The third-order valence-corrected chi connectivity index (χ3v) is 5.17. The summed E-state index contributed by atoms with van der Waals surface area (Å²) in [7, 11) is -1.00. The minimum absolute atomic E-state index is 0.257. The number of rotatable bonds is 3. The Balaban J connectivity index is 2.10. The van der Waals surface area contributed by atoms with Crippen LogP contribution in [0, 0.1) is 17.1 Å². The smallest absolute Gasteiger partial charge is 0.123 e. The van der Waals surface area contributed by atoms with Crippen LogP contribution in [0.15, 0.2) is 52.9 Å². The van der Waals surface area contributed by atoms with Crippen LogP contribution >= 0.6 is 0 Å². The maximum Gasteiger partial charge on any atom is 0.123 e. The monoisotopic (exact) mass is 337 g/mol. The van der Waals surface area contributed by atoms with Crippen LogP contribution in [0.4, 0.5) is 4.39 Å². The number of hydrogen-bond donors (Lipinski definition) is 0. The summed E-state index contributed by atoms with van der Waals surface area (Å²) in [6.07, 6.45) is 3.93. The van der Waals surface area contributed by atoms with Gasteiger partial charge in [-0.3, -0.25) is 4.21 Å². The Labute approximate surface area is 143 Å². The number of nitrogens with zero attached hydrogens (tertiary/aromatic N) is 1. The Morgan fingerprint density at radius 2 is 1.88 bits per heavy atom. The van der Waals surface area contributed by atoms with Crippen molar-refractivity contribution in [3.63, 3.8) is 0 Å². The molecule has 0 fully saturated rings. The second-order valence-electron chi connectivity index (χ2n) is 5.71. The van der Waals surface area contributed by atoms with E-state index in [-0.39, 0.29) is 12.2 Å². The van der Waals surface area contributed by atoms with Crippen LogP contribution in [0.2, 0.25) is 0 Å². The lowest BCUT2D eigenvalue weighted by molar-refractivity contribution is 0.627. The number of allylic oxidation sites excluding steroid dienone is 3. The molecule has 2 aromatic carbocycles. The Morgan fingerprint density at radius 1 is 1.17 bits per heavy atom. The van der Waals surface area contributed by atoms with Gasteiger partial charge in [0.15, 0.2) is 0 Å². The highest BCUT2D eigenvalue weighted by molar-refractivity contribution is 7.84. The Hall–Kier alpha value is -2.51. The molecule has 1 aliphatic carbocycles. The zero-order valence-corrected chi connectivity index (χ0v) is 14.3. The average Bonchev–Trinajstić information content (AvgIpc) is 2.81. The Bertz CT molecular complexity index is 933. The molecular weight excluding hydrogens is 321 g/mol. The molecule has 0 heterocycles. The maximum atomic E-state index is 13.6. The van der Waals surface area contributed by atoms with E-state index in [1.807, 2.05) is 37.3 Å². The van der Waals surface area contributed by atoms with Crippen molar-refractivity contribution in [1.29, 1.82) is 5.26 Å². The molecule has 0 spiro atoms. The highest BCUT2D eigenvalue weighted by atomic mass is 32.2. The first kappa shape index (κ1) is 16.4. The molecule has 1 atom stereocenters. The normalized spacial score (nSPS) is 16.2. The van der Waals surface area contributed by atoms with Crippen LogP contribution in [0.5, 0.6) is 0 Å². The largest absolute Gasteiger partial charge is 0.255 e. The standard InChI is InChI=1S/C20H16FNOS/c1-13-17(9-10-22)20-12-15(21)5-8-18(20)19(13)11-14-3-6-16(7-4-14)24(2)23/h3-8,11-12H,9H2,1-2H3. The molecule has 0 saturated heterocycles. The first-order valence-corrected chi connectivity index (χ1v) is 9.09. The highest BCUT2D eigenvalue weighted by Crippen LogP contribution is 2.43. The molecular formula is C20H16FNOS. The second-order valence-corrected chi connectivity index (χ2v) is 7.09. The van der Waals surface area contributed by atoms with Crippen molar-refractivity contribution in [1.82, 2.24) is 0 Å². The van der Waals surface area contributed by atoms with Crippen LogP contribution in [0.3, 0.4) is 0 Å². The highest BCUT2D eigenvalue weighted by Gasteiger charge is 2.23. The van der Waals surface area contributed by atoms with Gasteiger partial charge in [-0.15, -0.1) is 0 Å². The van der Waals surface area contributed by atoms with E-state index in [0.29, 0.717) is 0 Å². The SMILES string of the molecule is CC1=C(CC#N)c2cc(F)ccc2C1=Cc1ccc(S(C)=O)cc1. The van der Waals surface area contributed by atoms with E-state index in [0.717, 1.165) is 38.3 Å².